The molecule has 0 aliphatic carbocycles. The molecule has 0 saturated carbocycles. The molecule has 0 fully saturated rings. The third-order valence-corrected chi connectivity index (χ3v) is 4.24. The van der Waals surface area contributed by atoms with Crippen molar-refractivity contribution in [1.82, 2.24) is 9.38 Å². The Morgan fingerprint density at radius 1 is 1.04 bits per heavy atom. The van der Waals surface area contributed by atoms with Gasteiger partial charge in [0.25, 0.3) is 5.91 Å². The molecule has 5 heteroatoms. The number of anilines is 1. The van der Waals surface area contributed by atoms with Crippen LogP contribution in [-0.4, -0.2) is 21.9 Å². The van der Waals surface area contributed by atoms with Crippen molar-refractivity contribution in [2.24, 2.45) is 0 Å². The van der Waals surface area contributed by atoms with Crippen LogP contribution in [0.1, 0.15) is 17.3 Å². The molecule has 0 radical (unpaired) electrons. The summed E-state index contributed by atoms with van der Waals surface area (Å²) in [6.45, 7) is 2.52. The van der Waals surface area contributed by atoms with Crippen LogP contribution in [0.25, 0.3) is 16.9 Å². The zero-order valence-electron chi connectivity index (χ0n) is 14.9. The number of fused-ring (bicyclic) bond motifs is 1. The second-order valence-corrected chi connectivity index (χ2v) is 6.05. The summed E-state index contributed by atoms with van der Waals surface area (Å²) in [7, 11) is 0. The first-order valence-electron chi connectivity index (χ1n) is 8.82. The van der Waals surface area contributed by atoms with Crippen molar-refractivity contribution in [3.8, 4) is 17.0 Å². The number of carbonyl (C=O) groups excluding carboxylic acids is 1. The molecule has 0 bridgehead atoms. The summed E-state index contributed by atoms with van der Waals surface area (Å²) in [6, 6.07) is 20.6. The van der Waals surface area contributed by atoms with Crippen molar-refractivity contribution in [3.63, 3.8) is 0 Å². The van der Waals surface area contributed by atoms with E-state index in [9.17, 15) is 4.79 Å². The van der Waals surface area contributed by atoms with Gasteiger partial charge >= 0.3 is 0 Å². The number of aromatic nitrogens is 2. The maximum atomic E-state index is 12.7. The Balaban J connectivity index is 1.62. The van der Waals surface area contributed by atoms with E-state index in [2.05, 4.69) is 10.3 Å². The number of imidazole rings is 1. The van der Waals surface area contributed by atoms with Gasteiger partial charge in [-0.1, -0.05) is 24.3 Å². The second-order valence-electron chi connectivity index (χ2n) is 6.05. The summed E-state index contributed by atoms with van der Waals surface area (Å²) in [6.07, 6.45) is 3.91. The topological polar surface area (TPSA) is 55.6 Å². The minimum Gasteiger partial charge on any atom is -0.494 e. The van der Waals surface area contributed by atoms with Crippen molar-refractivity contribution in [2.45, 2.75) is 6.92 Å². The van der Waals surface area contributed by atoms with Gasteiger partial charge in [0.15, 0.2) is 0 Å². The number of nitrogens with one attached hydrogen (secondary N) is 1. The fraction of sp³-hybridized carbons (Fsp3) is 0.0909. The van der Waals surface area contributed by atoms with Crippen LogP contribution in [0.3, 0.4) is 0 Å². The lowest BCUT2D eigenvalue weighted by molar-refractivity contribution is 0.102. The minimum absolute atomic E-state index is 0.172. The molecule has 1 amide bonds. The lowest BCUT2D eigenvalue weighted by Gasteiger charge is -2.10. The van der Waals surface area contributed by atoms with Crippen molar-refractivity contribution >= 4 is 17.2 Å². The van der Waals surface area contributed by atoms with Crippen LogP contribution in [0.5, 0.6) is 5.75 Å². The Morgan fingerprint density at radius 3 is 2.59 bits per heavy atom. The molecule has 0 aliphatic heterocycles. The molecule has 4 rings (SSSR count). The van der Waals surface area contributed by atoms with Gasteiger partial charge in [-0.25, -0.2) is 4.98 Å². The number of benzene rings is 2. The van der Waals surface area contributed by atoms with Crippen LogP contribution in [-0.2, 0) is 0 Å². The first-order valence-corrected chi connectivity index (χ1v) is 8.82. The zero-order valence-corrected chi connectivity index (χ0v) is 14.9. The SMILES string of the molecule is CCOc1ccc(C(=O)Nc2ccccc2-c2cn3ccccc3n2)cc1. The number of pyridine rings is 1. The van der Waals surface area contributed by atoms with Gasteiger partial charge in [0.1, 0.15) is 11.4 Å². The number of ether oxygens (including phenoxy) is 1. The summed E-state index contributed by atoms with van der Waals surface area (Å²) in [5, 5.41) is 2.99. The fourth-order valence-corrected chi connectivity index (χ4v) is 2.94. The standard InChI is InChI=1S/C22H19N3O2/c1-2-27-17-12-10-16(11-13-17)22(26)24-19-8-4-3-7-18(19)20-15-25-14-6-5-9-21(25)23-20/h3-15H,2H2,1H3,(H,24,26). The van der Waals surface area contributed by atoms with Crippen molar-refractivity contribution in [2.75, 3.05) is 11.9 Å². The molecular weight excluding hydrogens is 338 g/mol. The zero-order chi connectivity index (χ0) is 18.6. The van der Waals surface area contributed by atoms with Crippen LogP contribution in [0.15, 0.2) is 79.1 Å². The average Bonchev–Trinajstić information content (AvgIpc) is 3.13. The molecule has 0 aliphatic rings. The lowest BCUT2D eigenvalue weighted by atomic mass is 10.1. The molecule has 27 heavy (non-hydrogen) atoms. The van der Waals surface area contributed by atoms with E-state index in [1.807, 2.05) is 66.2 Å². The van der Waals surface area contributed by atoms with Gasteiger partial charge in [-0.2, -0.15) is 0 Å². The number of rotatable bonds is 5. The molecular formula is C22H19N3O2. The van der Waals surface area contributed by atoms with Gasteiger partial charge in [0.05, 0.1) is 18.0 Å². The maximum absolute atomic E-state index is 12.7. The highest BCUT2D eigenvalue weighted by Crippen LogP contribution is 2.28. The van der Waals surface area contributed by atoms with Gasteiger partial charge in [0.2, 0.25) is 0 Å². The predicted octanol–water partition coefficient (Wildman–Crippen LogP) is 4.65. The quantitative estimate of drug-likeness (QED) is 0.565. The molecule has 4 aromatic rings. The van der Waals surface area contributed by atoms with E-state index < -0.39 is 0 Å². The summed E-state index contributed by atoms with van der Waals surface area (Å²) in [5.41, 5.74) is 3.84. The molecule has 2 aromatic carbocycles. The van der Waals surface area contributed by atoms with E-state index in [-0.39, 0.29) is 5.91 Å². The molecule has 1 N–H and O–H groups in total. The van der Waals surface area contributed by atoms with Crippen molar-refractivity contribution in [3.05, 3.63) is 84.7 Å². The van der Waals surface area contributed by atoms with E-state index in [0.29, 0.717) is 12.2 Å². The molecule has 134 valence electrons. The molecule has 5 nitrogen and oxygen atoms in total. The largest absolute Gasteiger partial charge is 0.494 e. The summed E-state index contributed by atoms with van der Waals surface area (Å²) < 4.78 is 7.38. The molecule has 2 heterocycles. The van der Waals surface area contributed by atoms with Crippen molar-refractivity contribution < 1.29 is 9.53 Å². The molecule has 0 saturated heterocycles. The highest BCUT2D eigenvalue weighted by Gasteiger charge is 2.12. The highest BCUT2D eigenvalue weighted by molar-refractivity contribution is 6.06. The minimum atomic E-state index is -0.172. The lowest BCUT2D eigenvalue weighted by Crippen LogP contribution is -2.12. The maximum Gasteiger partial charge on any atom is 0.255 e. The van der Waals surface area contributed by atoms with E-state index in [1.165, 1.54) is 0 Å². The highest BCUT2D eigenvalue weighted by atomic mass is 16.5. The van der Waals surface area contributed by atoms with Crippen LogP contribution >= 0.6 is 0 Å². The second kappa shape index (κ2) is 7.33. The van der Waals surface area contributed by atoms with Crippen LogP contribution < -0.4 is 10.1 Å². The van der Waals surface area contributed by atoms with Crippen LogP contribution in [0.4, 0.5) is 5.69 Å². The summed E-state index contributed by atoms with van der Waals surface area (Å²) in [5.74, 6) is 0.577. The third-order valence-electron chi connectivity index (χ3n) is 4.24. The van der Waals surface area contributed by atoms with Crippen molar-refractivity contribution in [1.29, 1.82) is 0 Å². The number of nitrogens with zero attached hydrogens (tertiary/aromatic N) is 2. The number of carbonyl (C=O) groups is 1. The normalized spacial score (nSPS) is 10.7. The number of hydrogen-bond acceptors (Lipinski definition) is 3. The number of hydrogen-bond donors (Lipinski definition) is 1. The van der Waals surface area contributed by atoms with Gasteiger partial charge < -0.3 is 14.5 Å². The van der Waals surface area contributed by atoms with E-state index >= 15 is 0 Å². The van der Waals surface area contributed by atoms with Gasteiger partial charge in [-0.05, 0) is 49.4 Å². The Kier molecular flexibility index (Phi) is 4.58. The van der Waals surface area contributed by atoms with Crippen LogP contribution in [0.2, 0.25) is 0 Å². The van der Waals surface area contributed by atoms with E-state index in [0.717, 1.165) is 28.3 Å². The Bertz CT molecular complexity index is 1050. The Morgan fingerprint density at radius 2 is 1.81 bits per heavy atom. The molecule has 0 atom stereocenters. The molecule has 2 aromatic heterocycles. The first-order chi connectivity index (χ1) is 13.2. The van der Waals surface area contributed by atoms with Gasteiger partial charge in [0, 0.05) is 23.5 Å². The summed E-state index contributed by atoms with van der Waals surface area (Å²) >= 11 is 0. The van der Waals surface area contributed by atoms with Crippen LogP contribution in [0, 0.1) is 0 Å². The first kappa shape index (κ1) is 16.8. The monoisotopic (exact) mass is 357 g/mol. The smallest absolute Gasteiger partial charge is 0.255 e. The average molecular weight is 357 g/mol. The molecule has 0 spiro atoms. The van der Waals surface area contributed by atoms with Gasteiger partial charge in [-0.15, -0.1) is 0 Å². The summed E-state index contributed by atoms with van der Waals surface area (Å²) in [4.78, 5) is 17.3. The third kappa shape index (κ3) is 3.53. The number of para-hydroxylation sites is 1. The fourth-order valence-electron chi connectivity index (χ4n) is 2.94. The van der Waals surface area contributed by atoms with E-state index in [4.69, 9.17) is 4.74 Å². The Hall–Kier alpha value is -3.60. The Labute approximate surface area is 157 Å². The van der Waals surface area contributed by atoms with E-state index in [1.54, 1.807) is 24.3 Å². The number of amides is 1. The predicted molar refractivity (Wildman–Crippen MR) is 106 cm³/mol. The molecule has 0 unspecified atom stereocenters. The van der Waals surface area contributed by atoms with Gasteiger partial charge in [-0.3, -0.25) is 4.79 Å².